The summed E-state index contributed by atoms with van der Waals surface area (Å²) in [6.45, 7) is 4.47. The second-order valence-electron chi connectivity index (χ2n) is 5.97. The molecule has 0 unspecified atom stereocenters. The fourth-order valence-electron chi connectivity index (χ4n) is 2.42. The van der Waals surface area contributed by atoms with Gasteiger partial charge in [-0.2, -0.15) is 0 Å². The molecule has 0 saturated carbocycles. The molecular formula is C21H28N4O2. The minimum absolute atomic E-state index is 0.0423. The first-order valence-electron chi connectivity index (χ1n) is 9.22. The highest BCUT2D eigenvalue weighted by Crippen LogP contribution is 2.07. The second-order valence-corrected chi connectivity index (χ2v) is 5.97. The zero-order chi connectivity index (χ0) is 19.3. The van der Waals surface area contributed by atoms with Crippen molar-refractivity contribution in [1.29, 1.82) is 0 Å². The van der Waals surface area contributed by atoms with Gasteiger partial charge in [0.15, 0.2) is 5.96 Å². The van der Waals surface area contributed by atoms with Crippen LogP contribution < -0.4 is 20.7 Å². The summed E-state index contributed by atoms with van der Waals surface area (Å²) < 4.78 is 5.65. The zero-order valence-electron chi connectivity index (χ0n) is 16.0. The van der Waals surface area contributed by atoms with Crippen LogP contribution in [0.25, 0.3) is 0 Å². The Morgan fingerprint density at radius 1 is 1.00 bits per heavy atom. The smallest absolute Gasteiger partial charge is 0.251 e. The van der Waals surface area contributed by atoms with Gasteiger partial charge >= 0.3 is 0 Å². The van der Waals surface area contributed by atoms with Crippen LogP contribution in [0.15, 0.2) is 59.6 Å². The SMILES string of the molecule is CCCNC(=O)c1cccc(CNC(=NC)NCCOc2ccccc2)c1. The zero-order valence-corrected chi connectivity index (χ0v) is 16.0. The molecule has 2 rings (SSSR count). The lowest BCUT2D eigenvalue weighted by Gasteiger charge is -2.13. The summed E-state index contributed by atoms with van der Waals surface area (Å²) in [5.41, 5.74) is 1.68. The van der Waals surface area contributed by atoms with Crippen molar-refractivity contribution in [3.8, 4) is 5.75 Å². The molecule has 0 radical (unpaired) electrons. The van der Waals surface area contributed by atoms with Crippen molar-refractivity contribution in [3.05, 3.63) is 65.7 Å². The fraction of sp³-hybridized carbons (Fsp3) is 0.333. The number of para-hydroxylation sites is 1. The number of carbonyl (C=O) groups is 1. The average molecular weight is 368 g/mol. The molecule has 2 aromatic rings. The van der Waals surface area contributed by atoms with E-state index in [0.29, 0.717) is 37.8 Å². The van der Waals surface area contributed by atoms with Crippen LogP contribution in [-0.4, -0.2) is 38.6 Å². The molecule has 0 aromatic heterocycles. The molecule has 6 heteroatoms. The van der Waals surface area contributed by atoms with Gasteiger partial charge in [-0.3, -0.25) is 9.79 Å². The molecule has 0 aliphatic heterocycles. The minimum Gasteiger partial charge on any atom is -0.492 e. The van der Waals surface area contributed by atoms with Crippen LogP contribution in [-0.2, 0) is 6.54 Å². The quantitative estimate of drug-likeness (QED) is 0.361. The van der Waals surface area contributed by atoms with Crippen LogP contribution in [0.4, 0.5) is 0 Å². The Morgan fingerprint density at radius 3 is 2.56 bits per heavy atom. The first-order valence-corrected chi connectivity index (χ1v) is 9.22. The van der Waals surface area contributed by atoms with Gasteiger partial charge < -0.3 is 20.7 Å². The lowest BCUT2D eigenvalue weighted by atomic mass is 10.1. The van der Waals surface area contributed by atoms with E-state index in [0.717, 1.165) is 17.7 Å². The Bertz CT molecular complexity index is 732. The van der Waals surface area contributed by atoms with Gasteiger partial charge in [0.25, 0.3) is 5.91 Å². The number of aliphatic imine (C=N–C) groups is 1. The predicted molar refractivity (Wildman–Crippen MR) is 109 cm³/mol. The molecule has 2 aromatic carbocycles. The number of ether oxygens (including phenoxy) is 1. The Hall–Kier alpha value is -3.02. The molecule has 144 valence electrons. The highest BCUT2D eigenvalue weighted by Gasteiger charge is 2.05. The summed E-state index contributed by atoms with van der Waals surface area (Å²) >= 11 is 0. The van der Waals surface area contributed by atoms with Crippen molar-refractivity contribution in [2.24, 2.45) is 4.99 Å². The van der Waals surface area contributed by atoms with Gasteiger partial charge in [0.05, 0.1) is 6.54 Å². The molecule has 6 nitrogen and oxygen atoms in total. The van der Waals surface area contributed by atoms with Crippen LogP contribution in [0.3, 0.4) is 0 Å². The van der Waals surface area contributed by atoms with E-state index < -0.39 is 0 Å². The largest absolute Gasteiger partial charge is 0.492 e. The Balaban J connectivity index is 1.76. The number of nitrogens with one attached hydrogen (secondary N) is 3. The molecule has 0 fully saturated rings. The van der Waals surface area contributed by atoms with Crippen molar-refractivity contribution >= 4 is 11.9 Å². The van der Waals surface area contributed by atoms with E-state index in [-0.39, 0.29) is 5.91 Å². The van der Waals surface area contributed by atoms with Crippen molar-refractivity contribution < 1.29 is 9.53 Å². The van der Waals surface area contributed by atoms with Crippen LogP contribution in [0, 0.1) is 0 Å². The molecule has 3 N–H and O–H groups in total. The molecule has 0 aliphatic rings. The van der Waals surface area contributed by atoms with E-state index >= 15 is 0 Å². The first kappa shape index (κ1) is 20.3. The fourth-order valence-corrected chi connectivity index (χ4v) is 2.42. The van der Waals surface area contributed by atoms with E-state index in [2.05, 4.69) is 20.9 Å². The number of benzene rings is 2. The van der Waals surface area contributed by atoms with Crippen molar-refractivity contribution in [1.82, 2.24) is 16.0 Å². The summed E-state index contributed by atoms with van der Waals surface area (Å²) in [6.07, 6.45) is 0.920. The summed E-state index contributed by atoms with van der Waals surface area (Å²) in [7, 11) is 1.72. The summed E-state index contributed by atoms with van der Waals surface area (Å²) in [5.74, 6) is 1.49. The minimum atomic E-state index is -0.0423. The lowest BCUT2D eigenvalue weighted by Crippen LogP contribution is -2.38. The maximum Gasteiger partial charge on any atom is 0.251 e. The monoisotopic (exact) mass is 368 g/mol. The number of guanidine groups is 1. The highest BCUT2D eigenvalue weighted by molar-refractivity contribution is 5.94. The van der Waals surface area contributed by atoms with E-state index in [1.165, 1.54) is 0 Å². The third-order valence-electron chi connectivity index (χ3n) is 3.81. The molecule has 0 aliphatic carbocycles. The molecule has 1 amide bonds. The first-order chi connectivity index (χ1) is 13.2. The Morgan fingerprint density at radius 2 is 1.81 bits per heavy atom. The van der Waals surface area contributed by atoms with Gasteiger partial charge in [-0.15, -0.1) is 0 Å². The average Bonchev–Trinajstić information content (AvgIpc) is 2.72. The number of carbonyl (C=O) groups excluding carboxylic acids is 1. The van der Waals surface area contributed by atoms with Gasteiger partial charge in [-0.1, -0.05) is 37.3 Å². The van der Waals surface area contributed by atoms with E-state index in [1.54, 1.807) is 7.05 Å². The highest BCUT2D eigenvalue weighted by atomic mass is 16.5. The predicted octanol–water partition coefficient (Wildman–Crippen LogP) is 2.57. The van der Waals surface area contributed by atoms with Crippen LogP contribution in [0.5, 0.6) is 5.75 Å². The molecule has 0 atom stereocenters. The Kier molecular flexibility index (Phi) is 8.69. The van der Waals surface area contributed by atoms with E-state index in [1.807, 2.05) is 61.5 Å². The standard InChI is InChI=1S/C21H28N4O2/c1-3-12-23-20(26)18-9-7-8-17(15-18)16-25-21(22-2)24-13-14-27-19-10-5-4-6-11-19/h4-11,15H,3,12-14,16H2,1-2H3,(H,23,26)(H2,22,24,25). The van der Waals surface area contributed by atoms with E-state index in [4.69, 9.17) is 4.74 Å². The lowest BCUT2D eigenvalue weighted by molar-refractivity contribution is 0.0953. The molecule has 0 bridgehead atoms. The van der Waals surface area contributed by atoms with Crippen LogP contribution in [0.1, 0.15) is 29.3 Å². The molecule has 27 heavy (non-hydrogen) atoms. The molecule has 0 heterocycles. The summed E-state index contributed by atoms with van der Waals surface area (Å²) in [6, 6.07) is 17.3. The summed E-state index contributed by atoms with van der Waals surface area (Å²) in [4.78, 5) is 16.3. The normalized spacial score (nSPS) is 11.0. The number of hydrogen-bond acceptors (Lipinski definition) is 3. The van der Waals surface area contributed by atoms with E-state index in [9.17, 15) is 4.79 Å². The maximum absolute atomic E-state index is 12.1. The number of amides is 1. The Labute approximate surface area is 161 Å². The third-order valence-corrected chi connectivity index (χ3v) is 3.81. The molecular weight excluding hydrogens is 340 g/mol. The van der Waals surface area contributed by atoms with Gasteiger partial charge in [-0.05, 0) is 36.2 Å². The van der Waals surface area contributed by atoms with Gasteiger partial charge in [0.2, 0.25) is 0 Å². The summed E-state index contributed by atoms with van der Waals surface area (Å²) in [5, 5.41) is 9.35. The van der Waals surface area contributed by atoms with Crippen LogP contribution >= 0.6 is 0 Å². The van der Waals surface area contributed by atoms with Crippen molar-refractivity contribution in [3.63, 3.8) is 0 Å². The van der Waals surface area contributed by atoms with Gasteiger partial charge in [-0.25, -0.2) is 0 Å². The molecule has 0 spiro atoms. The topological polar surface area (TPSA) is 74.8 Å². The maximum atomic E-state index is 12.1. The van der Waals surface area contributed by atoms with Gasteiger partial charge in [0.1, 0.15) is 12.4 Å². The van der Waals surface area contributed by atoms with Crippen LogP contribution in [0.2, 0.25) is 0 Å². The second kappa shape index (κ2) is 11.6. The number of rotatable bonds is 9. The number of hydrogen-bond donors (Lipinski definition) is 3. The van der Waals surface area contributed by atoms with Crippen molar-refractivity contribution in [2.75, 3.05) is 26.7 Å². The molecule has 0 saturated heterocycles. The third kappa shape index (κ3) is 7.40. The number of nitrogens with zero attached hydrogens (tertiary/aromatic N) is 1. The van der Waals surface area contributed by atoms with Crippen molar-refractivity contribution in [2.45, 2.75) is 19.9 Å². The van der Waals surface area contributed by atoms with Gasteiger partial charge in [0, 0.05) is 25.7 Å².